The van der Waals surface area contributed by atoms with Crippen LogP contribution in [-0.2, 0) is 4.74 Å². The molecule has 1 atom stereocenters. The van der Waals surface area contributed by atoms with Gasteiger partial charge in [-0.15, -0.1) is 0 Å². The highest BCUT2D eigenvalue weighted by Crippen LogP contribution is 2.17. The molecule has 0 aliphatic rings. The van der Waals surface area contributed by atoms with Crippen LogP contribution in [0, 0.1) is 0 Å². The molecule has 2 N–H and O–H groups in total. The Kier molecular flexibility index (Phi) is 5.18. The van der Waals surface area contributed by atoms with Gasteiger partial charge in [0.1, 0.15) is 11.4 Å². The molecule has 19 heavy (non-hydrogen) atoms. The van der Waals surface area contributed by atoms with Crippen LogP contribution in [0.15, 0.2) is 24.3 Å². The third kappa shape index (κ3) is 5.61. The number of rotatable bonds is 4. The molecule has 106 valence electrons. The summed E-state index contributed by atoms with van der Waals surface area (Å²) in [5.74, 6) is 0.719. The van der Waals surface area contributed by atoms with Gasteiger partial charge in [0.15, 0.2) is 0 Å². The minimum absolute atomic E-state index is 0.0985. The summed E-state index contributed by atoms with van der Waals surface area (Å²) in [5, 5.41) is 12.4. The number of alkyl carbamates (subject to hydrolysis) is 1. The molecule has 1 aromatic rings. The highest BCUT2D eigenvalue weighted by Gasteiger charge is 2.17. The maximum Gasteiger partial charge on any atom is 0.407 e. The standard InChI is InChI=1S/C14H21NO4/c1-14(2,3)19-13(17)15-9-12(16)10-5-7-11(18-4)8-6-10/h5-8,12,16H,9H2,1-4H3,(H,15,17)/t12-/m1/s1. The van der Waals surface area contributed by atoms with Crippen LogP contribution in [0.3, 0.4) is 0 Å². The van der Waals surface area contributed by atoms with E-state index in [4.69, 9.17) is 9.47 Å². The SMILES string of the molecule is COc1ccc([C@H](O)CNC(=O)OC(C)(C)C)cc1. The van der Waals surface area contributed by atoms with Crippen molar-refractivity contribution in [2.45, 2.75) is 32.5 Å². The summed E-state index contributed by atoms with van der Waals surface area (Å²) in [7, 11) is 1.58. The van der Waals surface area contributed by atoms with Gasteiger partial charge in [0.05, 0.1) is 19.8 Å². The average molecular weight is 267 g/mol. The van der Waals surface area contributed by atoms with Crippen LogP contribution in [0.2, 0.25) is 0 Å². The number of benzene rings is 1. The molecule has 0 aromatic heterocycles. The Hall–Kier alpha value is -1.75. The van der Waals surface area contributed by atoms with Gasteiger partial charge in [-0.3, -0.25) is 0 Å². The van der Waals surface area contributed by atoms with Crippen LogP contribution in [0.25, 0.3) is 0 Å². The molecule has 0 radical (unpaired) electrons. The Bertz CT molecular complexity index is 408. The zero-order valence-corrected chi connectivity index (χ0v) is 11.8. The molecular formula is C14H21NO4. The van der Waals surface area contributed by atoms with Gasteiger partial charge >= 0.3 is 6.09 Å². The van der Waals surface area contributed by atoms with E-state index in [-0.39, 0.29) is 6.54 Å². The van der Waals surface area contributed by atoms with Crippen molar-refractivity contribution in [2.75, 3.05) is 13.7 Å². The largest absolute Gasteiger partial charge is 0.497 e. The molecule has 0 saturated carbocycles. The van der Waals surface area contributed by atoms with Gasteiger partial charge in [-0.25, -0.2) is 4.79 Å². The second-order valence-corrected chi connectivity index (χ2v) is 5.17. The van der Waals surface area contributed by atoms with E-state index in [0.717, 1.165) is 5.75 Å². The van der Waals surface area contributed by atoms with E-state index < -0.39 is 17.8 Å². The van der Waals surface area contributed by atoms with Gasteiger partial charge in [-0.1, -0.05) is 12.1 Å². The van der Waals surface area contributed by atoms with Gasteiger partial charge in [0, 0.05) is 0 Å². The van der Waals surface area contributed by atoms with E-state index in [0.29, 0.717) is 5.56 Å². The van der Waals surface area contributed by atoms with Crippen molar-refractivity contribution in [1.82, 2.24) is 5.32 Å². The van der Waals surface area contributed by atoms with E-state index >= 15 is 0 Å². The van der Waals surface area contributed by atoms with Crippen molar-refractivity contribution in [3.8, 4) is 5.75 Å². The number of ether oxygens (including phenoxy) is 2. The number of methoxy groups -OCH3 is 1. The van der Waals surface area contributed by atoms with Gasteiger partial charge < -0.3 is 19.9 Å². The molecule has 1 rings (SSSR count). The number of aliphatic hydroxyl groups is 1. The zero-order chi connectivity index (χ0) is 14.5. The first-order chi connectivity index (χ1) is 8.81. The predicted molar refractivity (Wildman–Crippen MR) is 72.2 cm³/mol. The second kappa shape index (κ2) is 6.43. The molecule has 0 aliphatic carbocycles. The molecule has 0 spiro atoms. The molecule has 5 nitrogen and oxygen atoms in total. The van der Waals surface area contributed by atoms with E-state index in [1.165, 1.54) is 0 Å². The molecule has 0 aliphatic heterocycles. The Morgan fingerprint density at radius 1 is 1.32 bits per heavy atom. The average Bonchev–Trinajstić information content (AvgIpc) is 2.34. The normalized spacial score (nSPS) is 12.7. The van der Waals surface area contributed by atoms with Gasteiger partial charge in [-0.05, 0) is 38.5 Å². The summed E-state index contributed by atoms with van der Waals surface area (Å²) in [6, 6.07) is 7.01. The van der Waals surface area contributed by atoms with Crippen LogP contribution < -0.4 is 10.1 Å². The minimum Gasteiger partial charge on any atom is -0.497 e. The fourth-order valence-electron chi connectivity index (χ4n) is 1.44. The Morgan fingerprint density at radius 2 is 1.89 bits per heavy atom. The summed E-state index contributed by atoms with van der Waals surface area (Å²) in [4.78, 5) is 11.4. The number of carbonyl (C=O) groups is 1. The first kappa shape index (κ1) is 15.3. The first-order valence-electron chi connectivity index (χ1n) is 6.10. The second-order valence-electron chi connectivity index (χ2n) is 5.17. The monoisotopic (exact) mass is 267 g/mol. The molecule has 0 heterocycles. The fourth-order valence-corrected chi connectivity index (χ4v) is 1.44. The third-order valence-corrected chi connectivity index (χ3v) is 2.34. The van der Waals surface area contributed by atoms with Crippen LogP contribution in [-0.4, -0.2) is 30.5 Å². The molecule has 1 amide bonds. The Morgan fingerprint density at radius 3 is 2.37 bits per heavy atom. The minimum atomic E-state index is -0.779. The maximum absolute atomic E-state index is 11.4. The summed E-state index contributed by atoms with van der Waals surface area (Å²) in [5.41, 5.74) is 0.159. The van der Waals surface area contributed by atoms with Gasteiger partial charge in [0.2, 0.25) is 0 Å². The van der Waals surface area contributed by atoms with E-state index in [2.05, 4.69) is 5.32 Å². The highest BCUT2D eigenvalue weighted by atomic mass is 16.6. The lowest BCUT2D eigenvalue weighted by molar-refractivity contribution is 0.0492. The number of carbonyl (C=O) groups excluding carboxylic acids is 1. The highest BCUT2D eigenvalue weighted by molar-refractivity contribution is 5.67. The molecule has 5 heteroatoms. The number of amides is 1. The summed E-state index contributed by atoms with van der Waals surface area (Å²) >= 11 is 0. The van der Waals surface area contributed by atoms with Crippen molar-refractivity contribution in [3.05, 3.63) is 29.8 Å². The van der Waals surface area contributed by atoms with Crippen molar-refractivity contribution >= 4 is 6.09 Å². The van der Waals surface area contributed by atoms with Crippen molar-refractivity contribution in [1.29, 1.82) is 0 Å². The number of hydrogen-bond donors (Lipinski definition) is 2. The molecular weight excluding hydrogens is 246 g/mol. The molecule has 1 aromatic carbocycles. The van der Waals surface area contributed by atoms with E-state index in [1.807, 2.05) is 0 Å². The van der Waals surface area contributed by atoms with Crippen molar-refractivity contribution in [3.63, 3.8) is 0 Å². The summed E-state index contributed by atoms with van der Waals surface area (Å²) in [6.07, 6.45) is -1.32. The lowest BCUT2D eigenvalue weighted by Crippen LogP contribution is -2.34. The van der Waals surface area contributed by atoms with Crippen molar-refractivity contribution < 1.29 is 19.4 Å². The van der Waals surface area contributed by atoms with Gasteiger partial charge in [0.25, 0.3) is 0 Å². The van der Waals surface area contributed by atoms with Gasteiger partial charge in [-0.2, -0.15) is 0 Å². The molecule has 0 unspecified atom stereocenters. The van der Waals surface area contributed by atoms with E-state index in [1.54, 1.807) is 52.1 Å². The van der Waals surface area contributed by atoms with Crippen molar-refractivity contribution in [2.24, 2.45) is 0 Å². The Labute approximate surface area is 113 Å². The van der Waals surface area contributed by atoms with Crippen LogP contribution >= 0.6 is 0 Å². The number of aliphatic hydroxyl groups excluding tert-OH is 1. The molecule has 0 fully saturated rings. The predicted octanol–water partition coefficient (Wildman–Crippen LogP) is 2.25. The lowest BCUT2D eigenvalue weighted by Gasteiger charge is -2.20. The van der Waals surface area contributed by atoms with Crippen LogP contribution in [0.4, 0.5) is 4.79 Å². The number of nitrogens with one attached hydrogen (secondary N) is 1. The summed E-state index contributed by atoms with van der Waals surface area (Å²) in [6.45, 7) is 5.45. The zero-order valence-electron chi connectivity index (χ0n) is 11.8. The quantitative estimate of drug-likeness (QED) is 0.878. The number of hydrogen-bond acceptors (Lipinski definition) is 4. The molecule has 0 saturated heterocycles. The third-order valence-electron chi connectivity index (χ3n) is 2.34. The van der Waals surface area contributed by atoms with Crippen LogP contribution in [0.5, 0.6) is 5.75 Å². The Balaban J connectivity index is 2.46. The topological polar surface area (TPSA) is 67.8 Å². The smallest absolute Gasteiger partial charge is 0.407 e. The van der Waals surface area contributed by atoms with Crippen LogP contribution in [0.1, 0.15) is 32.4 Å². The first-order valence-corrected chi connectivity index (χ1v) is 6.10. The summed E-state index contributed by atoms with van der Waals surface area (Å²) < 4.78 is 10.1. The molecule has 0 bridgehead atoms. The fraction of sp³-hybridized carbons (Fsp3) is 0.500. The maximum atomic E-state index is 11.4. The lowest BCUT2D eigenvalue weighted by atomic mass is 10.1. The van der Waals surface area contributed by atoms with E-state index in [9.17, 15) is 9.90 Å².